The van der Waals surface area contributed by atoms with Crippen LogP contribution in [0, 0.1) is 6.92 Å². The molecule has 3 aromatic rings. The predicted molar refractivity (Wildman–Crippen MR) is 101 cm³/mol. The van der Waals surface area contributed by atoms with Gasteiger partial charge >= 0.3 is 0 Å². The summed E-state index contributed by atoms with van der Waals surface area (Å²) >= 11 is 0. The van der Waals surface area contributed by atoms with Crippen molar-refractivity contribution in [3.8, 4) is 22.9 Å². The van der Waals surface area contributed by atoms with Gasteiger partial charge in [-0.1, -0.05) is 40.6 Å². The van der Waals surface area contributed by atoms with Crippen LogP contribution in [0.2, 0.25) is 0 Å². The van der Waals surface area contributed by atoms with E-state index in [9.17, 15) is 0 Å². The zero-order valence-electron chi connectivity index (χ0n) is 15.4. The monoisotopic (exact) mass is 350 g/mol. The van der Waals surface area contributed by atoms with Crippen molar-refractivity contribution >= 4 is 6.08 Å². The predicted octanol–water partition coefficient (Wildman–Crippen LogP) is 5.06. The van der Waals surface area contributed by atoms with E-state index in [2.05, 4.69) is 41.3 Å². The highest BCUT2D eigenvalue weighted by Crippen LogP contribution is 2.32. The van der Waals surface area contributed by atoms with E-state index < -0.39 is 0 Å². The van der Waals surface area contributed by atoms with Crippen LogP contribution in [-0.2, 0) is 6.61 Å². The van der Waals surface area contributed by atoms with Gasteiger partial charge in [-0.3, -0.25) is 0 Å². The molecule has 0 N–H and O–H groups in total. The summed E-state index contributed by atoms with van der Waals surface area (Å²) in [4.78, 5) is 4.38. The number of rotatable bonds is 6. The normalized spacial score (nSPS) is 10.5. The Labute approximate surface area is 153 Å². The first-order valence-corrected chi connectivity index (χ1v) is 8.40. The summed E-state index contributed by atoms with van der Waals surface area (Å²) in [5.74, 6) is 2.30. The van der Waals surface area contributed by atoms with Crippen molar-refractivity contribution in [2.75, 3.05) is 7.11 Å². The van der Waals surface area contributed by atoms with Crippen LogP contribution >= 0.6 is 0 Å². The van der Waals surface area contributed by atoms with Crippen molar-refractivity contribution in [3.05, 3.63) is 65.1 Å². The highest BCUT2D eigenvalue weighted by molar-refractivity contribution is 5.61. The van der Waals surface area contributed by atoms with Gasteiger partial charge in [-0.25, -0.2) is 0 Å². The molecule has 5 nitrogen and oxygen atoms in total. The first-order chi connectivity index (χ1) is 12.5. The van der Waals surface area contributed by atoms with Crippen LogP contribution in [0.25, 0.3) is 17.5 Å². The lowest BCUT2D eigenvalue weighted by molar-refractivity contribution is 0.284. The lowest BCUT2D eigenvalue weighted by Gasteiger charge is -2.11. The van der Waals surface area contributed by atoms with Crippen molar-refractivity contribution in [1.29, 1.82) is 0 Å². The summed E-state index contributed by atoms with van der Waals surface area (Å²) < 4.78 is 16.6. The summed E-state index contributed by atoms with van der Waals surface area (Å²) in [7, 11) is 1.61. The molecule has 2 aromatic carbocycles. The molecule has 26 heavy (non-hydrogen) atoms. The molecule has 0 aliphatic rings. The van der Waals surface area contributed by atoms with E-state index in [4.69, 9.17) is 14.0 Å². The van der Waals surface area contributed by atoms with Crippen molar-refractivity contribution in [3.63, 3.8) is 0 Å². The fraction of sp³-hybridized carbons (Fsp3) is 0.238. The first kappa shape index (κ1) is 17.7. The van der Waals surface area contributed by atoms with E-state index in [0.717, 1.165) is 16.7 Å². The second-order valence-corrected chi connectivity index (χ2v) is 6.32. The minimum Gasteiger partial charge on any atom is -0.493 e. The van der Waals surface area contributed by atoms with E-state index in [1.165, 1.54) is 5.56 Å². The number of ether oxygens (including phenoxy) is 2. The molecule has 0 fully saturated rings. The topological polar surface area (TPSA) is 57.4 Å². The van der Waals surface area contributed by atoms with E-state index in [-0.39, 0.29) is 0 Å². The summed E-state index contributed by atoms with van der Waals surface area (Å²) in [5.41, 5.74) is 4.23. The summed E-state index contributed by atoms with van der Waals surface area (Å²) in [6.07, 6.45) is 1.84. The number of aryl methyl sites for hydroxylation is 1. The van der Waals surface area contributed by atoms with Gasteiger partial charge < -0.3 is 14.0 Å². The van der Waals surface area contributed by atoms with Crippen LogP contribution in [-0.4, -0.2) is 17.3 Å². The number of nitrogens with zero attached hydrogens (tertiary/aromatic N) is 2. The Hall–Kier alpha value is -3.08. The van der Waals surface area contributed by atoms with E-state index in [0.29, 0.717) is 29.8 Å². The second kappa shape index (κ2) is 7.87. The third-order valence-electron chi connectivity index (χ3n) is 3.79. The number of methoxy groups -OCH3 is 1. The van der Waals surface area contributed by atoms with Crippen LogP contribution in [0.15, 0.2) is 52.6 Å². The Morgan fingerprint density at radius 3 is 2.54 bits per heavy atom. The van der Waals surface area contributed by atoms with E-state index in [1.807, 2.05) is 38.1 Å². The number of aromatic nitrogens is 2. The molecule has 0 radical (unpaired) electrons. The summed E-state index contributed by atoms with van der Waals surface area (Å²) in [6.45, 7) is 6.50. The van der Waals surface area contributed by atoms with Crippen LogP contribution in [0.4, 0.5) is 0 Å². The van der Waals surface area contributed by atoms with Gasteiger partial charge in [-0.05, 0) is 44.5 Å². The first-order valence-electron chi connectivity index (χ1n) is 8.40. The molecular weight excluding hydrogens is 328 g/mol. The van der Waals surface area contributed by atoms with Gasteiger partial charge in [0.25, 0.3) is 5.89 Å². The molecule has 0 amide bonds. The fourth-order valence-electron chi connectivity index (χ4n) is 2.43. The molecule has 1 aromatic heterocycles. The lowest BCUT2D eigenvalue weighted by Crippen LogP contribution is -1.98. The van der Waals surface area contributed by atoms with Gasteiger partial charge in [0.05, 0.1) is 7.11 Å². The maximum Gasteiger partial charge on any atom is 0.250 e. The molecule has 3 rings (SSSR count). The zero-order chi connectivity index (χ0) is 18.5. The standard InChI is InChI=1S/C21H22N2O3/c1-14(2)11-20-22-21(23-26-20)17-9-10-18(19(12-17)24-4)25-13-16-7-5-15(3)6-8-16/h5-12H,13H2,1-4H3. The largest absolute Gasteiger partial charge is 0.493 e. The van der Waals surface area contributed by atoms with Crippen LogP contribution in [0.5, 0.6) is 11.5 Å². The average molecular weight is 350 g/mol. The van der Waals surface area contributed by atoms with Gasteiger partial charge in [0.2, 0.25) is 5.82 Å². The van der Waals surface area contributed by atoms with Crippen LogP contribution < -0.4 is 9.47 Å². The maximum absolute atomic E-state index is 5.90. The molecule has 0 aliphatic heterocycles. The molecule has 0 bridgehead atoms. The zero-order valence-corrected chi connectivity index (χ0v) is 15.4. The molecule has 5 heteroatoms. The van der Waals surface area contributed by atoms with Gasteiger partial charge in [0.15, 0.2) is 11.5 Å². The molecule has 0 saturated heterocycles. The number of hydrogen-bond donors (Lipinski definition) is 0. The number of hydrogen-bond acceptors (Lipinski definition) is 5. The van der Waals surface area contributed by atoms with Gasteiger partial charge in [0, 0.05) is 11.6 Å². The van der Waals surface area contributed by atoms with Gasteiger partial charge in [0.1, 0.15) is 6.61 Å². The minimum absolute atomic E-state index is 0.475. The van der Waals surface area contributed by atoms with Gasteiger partial charge in [-0.15, -0.1) is 0 Å². The quantitative estimate of drug-likeness (QED) is 0.622. The molecule has 1 heterocycles. The minimum atomic E-state index is 0.475. The highest BCUT2D eigenvalue weighted by Gasteiger charge is 2.12. The fourth-order valence-corrected chi connectivity index (χ4v) is 2.43. The molecule has 0 atom stereocenters. The molecule has 134 valence electrons. The molecule has 0 aliphatic carbocycles. The smallest absolute Gasteiger partial charge is 0.250 e. The van der Waals surface area contributed by atoms with Crippen molar-refractivity contribution < 1.29 is 14.0 Å². The van der Waals surface area contributed by atoms with E-state index >= 15 is 0 Å². The molecule has 0 unspecified atom stereocenters. The molecular formula is C21H22N2O3. The van der Waals surface area contributed by atoms with Crippen molar-refractivity contribution in [2.45, 2.75) is 27.4 Å². The van der Waals surface area contributed by atoms with Crippen LogP contribution in [0.1, 0.15) is 30.9 Å². The summed E-state index contributed by atoms with van der Waals surface area (Å²) in [6, 6.07) is 13.9. The highest BCUT2D eigenvalue weighted by atomic mass is 16.5. The lowest BCUT2D eigenvalue weighted by atomic mass is 10.1. The molecule has 0 spiro atoms. The SMILES string of the molecule is COc1cc(-c2noc(C=C(C)C)n2)ccc1OCc1ccc(C)cc1. The maximum atomic E-state index is 5.90. The van der Waals surface area contributed by atoms with Crippen molar-refractivity contribution in [2.24, 2.45) is 0 Å². The Kier molecular flexibility index (Phi) is 5.37. The third-order valence-corrected chi connectivity index (χ3v) is 3.79. The Morgan fingerprint density at radius 1 is 1.08 bits per heavy atom. The summed E-state index contributed by atoms with van der Waals surface area (Å²) in [5, 5.41) is 4.02. The second-order valence-electron chi connectivity index (χ2n) is 6.32. The Morgan fingerprint density at radius 2 is 1.85 bits per heavy atom. The van der Waals surface area contributed by atoms with Crippen LogP contribution in [0.3, 0.4) is 0 Å². The third kappa shape index (κ3) is 4.30. The molecule has 0 saturated carbocycles. The average Bonchev–Trinajstić information content (AvgIpc) is 3.09. The number of allylic oxidation sites excluding steroid dienone is 1. The number of benzene rings is 2. The van der Waals surface area contributed by atoms with Crippen molar-refractivity contribution in [1.82, 2.24) is 10.1 Å². The Bertz CT molecular complexity index is 907. The van der Waals surface area contributed by atoms with E-state index in [1.54, 1.807) is 7.11 Å². The van der Waals surface area contributed by atoms with Gasteiger partial charge in [-0.2, -0.15) is 4.98 Å². The Balaban J connectivity index is 1.78.